The van der Waals surface area contributed by atoms with Crippen molar-refractivity contribution in [1.29, 1.82) is 0 Å². The van der Waals surface area contributed by atoms with Gasteiger partial charge in [0, 0.05) is 12.1 Å². The number of likely N-dealkylation sites (tertiary alicyclic amines) is 1. The normalized spacial score (nSPS) is 20.4. The molecule has 1 aliphatic heterocycles. The van der Waals surface area contributed by atoms with E-state index in [1.54, 1.807) is 12.1 Å². The lowest BCUT2D eigenvalue weighted by atomic mass is 9.74. The van der Waals surface area contributed by atoms with E-state index in [0.717, 1.165) is 32.0 Å². The minimum absolute atomic E-state index is 0.229. The van der Waals surface area contributed by atoms with Crippen molar-refractivity contribution in [1.82, 2.24) is 4.90 Å². The number of hydrogen-bond acceptors (Lipinski definition) is 2. The van der Waals surface area contributed by atoms with Gasteiger partial charge in [0.25, 0.3) is 0 Å². The Kier molecular flexibility index (Phi) is 5.33. The van der Waals surface area contributed by atoms with E-state index in [-0.39, 0.29) is 6.04 Å². The molecule has 0 aromatic heterocycles. The van der Waals surface area contributed by atoms with Crippen molar-refractivity contribution in [2.24, 2.45) is 11.1 Å². The van der Waals surface area contributed by atoms with E-state index in [0.29, 0.717) is 17.5 Å². The maximum atomic E-state index is 14.0. The predicted octanol–water partition coefficient (Wildman–Crippen LogP) is 3.87. The van der Waals surface area contributed by atoms with Crippen LogP contribution in [-0.2, 0) is 0 Å². The van der Waals surface area contributed by atoms with E-state index in [4.69, 9.17) is 5.73 Å². The van der Waals surface area contributed by atoms with Crippen LogP contribution in [-0.4, -0.2) is 24.5 Å². The van der Waals surface area contributed by atoms with Crippen LogP contribution in [0.25, 0.3) is 0 Å². The fourth-order valence-electron chi connectivity index (χ4n) is 3.52. The summed E-state index contributed by atoms with van der Waals surface area (Å²) in [6, 6.07) is 4.13. The van der Waals surface area contributed by atoms with Crippen LogP contribution in [0.2, 0.25) is 0 Å². The molecule has 0 spiro atoms. The topological polar surface area (TPSA) is 29.3 Å². The average Bonchev–Trinajstić information content (AvgIpc) is 2.53. The Morgan fingerprint density at radius 3 is 2.33 bits per heavy atom. The van der Waals surface area contributed by atoms with E-state index >= 15 is 0 Å². The van der Waals surface area contributed by atoms with Gasteiger partial charge in [0.2, 0.25) is 0 Å². The van der Waals surface area contributed by atoms with E-state index in [1.807, 2.05) is 0 Å². The standard InChI is InChI=1S/C17H26F2N2/c1-3-17(4-2)8-10-21(11-9-17)15(12-20)13-6-5-7-14(18)16(13)19/h5-7,15H,3-4,8-12,20H2,1-2H3. The molecule has 21 heavy (non-hydrogen) atoms. The van der Waals surface area contributed by atoms with Crippen molar-refractivity contribution in [2.75, 3.05) is 19.6 Å². The summed E-state index contributed by atoms with van der Waals surface area (Å²) >= 11 is 0. The minimum Gasteiger partial charge on any atom is -0.329 e. The Morgan fingerprint density at radius 1 is 1.19 bits per heavy atom. The van der Waals surface area contributed by atoms with Gasteiger partial charge in [-0.1, -0.05) is 38.8 Å². The third-order valence-corrected chi connectivity index (χ3v) is 5.36. The van der Waals surface area contributed by atoms with Crippen molar-refractivity contribution in [3.63, 3.8) is 0 Å². The summed E-state index contributed by atoms with van der Waals surface area (Å²) in [7, 11) is 0. The molecule has 0 aliphatic carbocycles. The van der Waals surface area contributed by atoms with Crippen LogP contribution in [0.15, 0.2) is 18.2 Å². The van der Waals surface area contributed by atoms with Crippen LogP contribution < -0.4 is 5.73 Å². The van der Waals surface area contributed by atoms with Crippen LogP contribution in [0.1, 0.15) is 51.1 Å². The summed E-state index contributed by atoms with van der Waals surface area (Å²) in [6.07, 6.45) is 4.57. The van der Waals surface area contributed by atoms with Gasteiger partial charge in [0.15, 0.2) is 11.6 Å². The molecule has 1 aromatic carbocycles. The molecule has 0 saturated carbocycles. The van der Waals surface area contributed by atoms with Gasteiger partial charge in [-0.2, -0.15) is 0 Å². The molecule has 1 fully saturated rings. The van der Waals surface area contributed by atoms with Crippen LogP contribution in [0.4, 0.5) is 8.78 Å². The number of nitrogens with zero attached hydrogens (tertiary/aromatic N) is 1. The highest BCUT2D eigenvalue weighted by Crippen LogP contribution is 2.40. The first kappa shape index (κ1) is 16.4. The summed E-state index contributed by atoms with van der Waals surface area (Å²) in [4.78, 5) is 2.21. The van der Waals surface area contributed by atoms with Crippen LogP contribution in [0.3, 0.4) is 0 Å². The third-order valence-electron chi connectivity index (χ3n) is 5.36. The molecule has 1 aromatic rings. The van der Waals surface area contributed by atoms with Crippen LogP contribution >= 0.6 is 0 Å². The van der Waals surface area contributed by atoms with Gasteiger partial charge in [-0.3, -0.25) is 4.90 Å². The maximum absolute atomic E-state index is 14.0. The van der Waals surface area contributed by atoms with Crippen LogP contribution in [0.5, 0.6) is 0 Å². The second-order valence-corrected chi connectivity index (χ2v) is 6.14. The quantitative estimate of drug-likeness (QED) is 0.894. The van der Waals surface area contributed by atoms with Gasteiger partial charge in [-0.25, -0.2) is 8.78 Å². The number of halogens is 2. The smallest absolute Gasteiger partial charge is 0.163 e. The average molecular weight is 296 g/mol. The van der Waals surface area contributed by atoms with Crippen molar-refractivity contribution in [3.05, 3.63) is 35.4 Å². The highest BCUT2D eigenvalue weighted by molar-refractivity contribution is 5.23. The Morgan fingerprint density at radius 2 is 1.81 bits per heavy atom. The van der Waals surface area contributed by atoms with Gasteiger partial charge in [0.05, 0.1) is 6.04 Å². The number of hydrogen-bond donors (Lipinski definition) is 1. The molecule has 1 atom stereocenters. The summed E-state index contributed by atoms with van der Waals surface area (Å²) in [5.74, 6) is -1.55. The Balaban J connectivity index is 2.15. The predicted molar refractivity (Wildman–Crippen MR) is 82.0 cm³/mol. The molecule has 0 amide bonds. The first-order chi connectivity index (χ1) is 10.1. The number of benzene rings is 1. The number of nitrogens with two attached hydrogens (primary N) is 1. The summed E-state index contributed by atoms with van der Waals surface area (Å²) < 4.78 is 27.5. The van der Waals surface area contributed by atoms with E-state index in [9.17, 15) is 8.78 Å². The lowest BCUT2D eigenvalue weighted by Gasteiger charge is -2.44. The Bertz CT molecular complexity index is 462. The van der Waals surface area contributed by atoms with Gasteiger partial charge in [0.1, 0.15) is 0 Å². The monoisotopic (exact) mass is 296 g/mol. The largest absolute Gasteiger partial charge is 0.329 e. The van der Waals surface area contributed by atoms with Gasteiger partial charge >= 0.3 is 0 Å². The highest BCUT2D eigenvalue weighted by Gasteiger charge is 2.34. The molecule has 1 unspecified atom stereocenters. The first-order valence-electron chi connectivity index (χ1n) is 7.95. The van der Waals surface area contributed by atoms with E-state index in [1.165, 1.54) is 12.8 Å². The molecule has 2 N–H and O–H groups in total. The molecule has 2 nitrogen and oxygen atoms in total. The molecule has 118 valence electrons. The van der Waals surface area contributed by atoms with Crippen molar-refractivity contribution >= 4 is 0 Å². The molecule has 0 radical (unpaired) electrons. The zero-order valence-corrected chi connectivity index (χ0v) is 13.0. The molecule has 1 aliphatic rings. The number of rotatable bonds is 5. The highest BCUT2D eigenvalue weighted by atomic mass is 19.2. The molecule has 1 saturated heterocycles. The zero-order chi connectivity index (χ0) is 15.5. The Labute approximate surface area is 126 Å². The maximum Gasteiger partial charge on any atom is 0.163 e. The zero-order valence-electron chi connectivity index (χ0n) is 13.0. The van der Waals surface area contributed by atoms with E-state index < -0.39 is 11.6 Å². The summed E-state index contributed by atoms with van der Waals surface area (Å²) in [6.45, 7) is 6.60. The van der Waals surface area contributed by atoms with Crippen molar-refractivity contribution < 1.29 is 8.78 Å². The minimum atomic E-state index is -0.792. The van der Waals surface area contributed by atoms with Gasteiger partial charge in [-0.05, 0) is 37.4 Å². The molecule has 1 heterocycles. The Hall–Kier alpha value is -1.00. The lowest BCUT2D eigenvalue weighted by molar-refractivity contribution is 0.0667. The molecular weight excluding hydrogens is 270 g/mol. The van der Waals surface area contributed by atoms with E-state index in [2.05, 4.69) is 18.7 Å². The molecule has 2 rings (SSSR count). The first-order valence-corrected chi connectivity index (χ1v) is 7.95. The van der Waals surface area contributed by atoms with Gasteiger partial charge in [-0.15, -0.1) is 0 Å². The SMILES string of the molecule is CCC1(CC)CCN(C(CN)c2cccc(F)c2F)CC1. The summed E-state index contributed by atoms with van der Waals surface area (Å²) in [5, 5.41) is 0. The summed E-state index contributed by atoms with van der Waals surface area (Å²) in [5.41, 5.74) is 6.66. The lowest BCUT2D eigenvalue weighted by Crippen LogP contribution is -2.43. The molecule has 4 heteroatoms. The van der Waals surface area contributed by atoms with Gasteiger partial charge < -0.3 is 5.73 Å². The second-order valence-electron chi connectivity index (χ2n) is 6.14. The van der Waals surface area contributed by atoms with Crippen molar-refractivity contribution in [3.8, 4) is 0 Å². The van der Waals surface area contributed by atoms with Crippen LogP contribution in [0, 0.1) is 17.0 Å². The van der Waals surface area contributed by atoms with Crippen molar-refractivity contribution in [2.45, 2.75) is 45.6 Å². The molecule has 0 bridgehead atoms. The molecular formula is C17H26F2N2. The third kappa shape index (κ3) is 3.27. The fraction of sp³-hybridized carbons (Fsp3) is 0.647. The fourth-order valence-corrected chi connectivity index (χ4v) is 3.52. The second kappa shape index (κ2) is 6.84. The number of piperidine rings is 1.